The van der Waals surface area contributed by atoms with Gasteiger partial charge in [0.1, 0.15) is 11.6 Å². The quantitative estimate of drug-likeness (QED) is 0.646. The van der Waals surface area contributed by atoms with Crippen LogP contribution in [0, 0.1) is 5.82 Å². The molecule has 0 heterocycles. The monoisotopic (exact) mass is 288 g/mol. The van der Waals surface area contributed by atoms with Crippen molar-refractivity contribution in [2.45, 2.75) is 39.0 Å². The van der Waals surface area contributed by atoms with Gasteiger partial charge in [-0.3, -0.25) is 0 Å². The molecule has 0 unspecified atom stereocenters. The first-order valence-corrected chi connectivity index (χ1v) is 6.61. The van der Waals surface area contributed by atoms with Gasteiger partial charge in [0, 0.05) is 6.07 Å². The molecule has 3 heteroatoms. The van der Waals surface area contributed by atoms with Crippen LogP contribution in [0.5, 0.6) is 5.75 Å². The number of halogens is 2. The van der Waals surface area contributed by atoms with Gasteiger partial charge < -0.3 is 4.74 Å². The number of rotatable bonds is 7. The number of unbranched alkanes of at least 4 members (excludes halogenated alkanes) is 4. The van der Waals surface area contributed by atoms with Gasteiger partial charge in [-0.15, -0.1) is 0 Å². The Morgan fingerprint density at radius 1 is 1.19 bits per heavy atom. The van der Waals surface area contributed by atoms with Gasteiger partial charge in [-0.05, 0) is 34.5 Å². The van der Waals surface area contributed by atoms with Crippen LogP contribution in [0.1, 0.15) is 39.0 Å². The zero-order valence-corrected chi connectivity index (χ0v) is 11.2. The van der Waals surface area contributed by atoms with Gasteiger partial charge in [0.25, 0.3) is 0 Å². The lowest BCUT2D eigenvalue weighted by Crippen LogP contribution is -1.97. The van der Waals surface area contributed by atoms with E-state index in [0.29, 0.717) is 16.8 Å². The standard InChI is InChI=1S/C13H18BrFO/c1-2-3-4-5-6-9-16-11-7-8-12(14)13(15)10-11/h7-8,10H,2-6,9H2,1H3. The molecule has 16 heavy (non-hydrogen) atoms. The largest absolute Gasteiger partial charge is 0.493 e. The Morgan fingerprint density at radius 2 is 1.94 bits per heavy atom. The highest BCUT2D eigenvalue weighted by Gasteiger charge is 2.00. The van der Waals surface area contributed by atoms with Crippen LogP contribution in [0.25, 0.3) is 0 Å². The summed E-state index contributed by atoms with van der Waals surface area (Å²) < 4.78 is 19.1. The summed E-state index contributed by atoms with van der Waals surface area (Å²) in [5, 5.41) is 0. The van der Waals surface area contributed by atoms with E-state index < -0.39 is 0 Å². The molecule has 1 nitrogen and oxygen atoms in total. The summed E-state index contributed by atoms with van der Waals surface area (Å²) in [7, 11) is 0. The fraction of sp³-hybridized carbons (Fsp3) is 0.538. The molecule has 0 aliphatic carbocycles. The summed E-state index contributed by atoms with van der Waals surface area (Å²) in [5.41, 5.74) is 0. The predicted molar refractivity (Wildman–Crippen MR) is 68.4 cm³/mol. The molecule has 90 valence electrons. The van der Waals surface area contributed by atoms with Crippen molar-refractivity contribution in [3.63, 3.8) is 0 Å². The van der Waals surface area contributed by atoms with Gasteiger partial charge in [-0.25, -0.2) is 4.39 Å². The molecule has 0 N–H and O–H groups in total. The molecule has 0 aromatic heterocycles. The highest BCUT2D eigenvalue weighted by molar-refractivity contribution is 9.10. The highest BCUT2D eigenvalue weighted by Crippen LogP contribution is 2.21. The van der Waals surface area contributed by atoms with Crippen molar-refractivity contribution >= 4 is 15.9 Å². The van der Waals surface area contributed by atoms with Gasteiger partial charge >= 0.3 is 0 Å². The SMILES string of the molecule is CCCCCCCOc1ccc(Br)c(F)c1. The van der Waals surface area contributed by atoms with Crippen LogP contribution in [-0.2, 0) is 0 Å². The summed E-state index contributed by atoms with van der Waals surface area (Å²) in [6.45, 7) is 2.87. The molecule has 0 saturated heterocycles. The average Bonchev–Trinajstić information content (AvgIpc) is 2.28. The molecule has 0 aliphatic heterocycles. The molecule has 1 aromatic rings. The minimum atomic E-state index is -0.275. The van der Waals surface area contributed by atoms with E-state index >= 15 is 0 Å². The van der Waals surface area contributed by atoms with E-state index in [0.717, 1.165) is 6.42 Å². The topological polar surface area (TPSA) is 9.23 Å². The van der Waals surface area contributed by atoms with Crippen molar-refractivity contribution in [1.82, 2.24) is 0 Å². The predicted octanol–water partition coefficient (Wildman–Crippen LogP) is 4.94. The minimum Gasteiger partial charge on any atom is -0.493 e. The van der Waals surface area contributed by atoms with Crippen molar-refractivity contribution in [3.8, 4) is 5.75 Å². The molecule has 0 saturated carbocycles. The second-order valence-corrected chi connectivity index (χ2v) is 4.69. The normalized spacial score (nSPS) is 10.4. The van der Waals surface area contributed by atoms with Crippen LogP contribution in [0.3, 0.4) is 0 Å². The summed E-state index contributed by atoms with van der Waals surface area (Å²) in [5.74, 6) is 0.333. The molecule has 0 spiro atoms. The van der Waals surface area contributed by atoms with Gasteiger partial charge in [0.2, 0.25) is 0 Å². The molecule has 1 aromatic carbocycles. The first-order chi connectivity index (χ1) is 7.74. The van der Waals surface area contributed by atoms with E-state index in [4.69, 9.17) is 4.74 Å². The molecule has 1 rings (SSSR count). The highest BCUT2D eigenvalue weighted by atomic mass is 79.9. The third kappa shape index (κ3) is 4.97. The molecular formula is C13H18BrFO. The average molecular weight is 289 g/mol. The Hall–Kier alpha value is -0.570. The molecule has 0 atom stereocenters. The van der Waals surface area contributed by atoms with Crippen LogP contribution >= 0.6 is 15.9 Å². The maximum Gasteiger partial charge on any atom is 0.141 e. The number of hydrogen-bond acceptors (Lipinski definition) is 1. The van der Waals surface area contributed by atoms with Crippen LogP contribution < -0.4 is 4.74 Å². The maximum absolute atomic E-state index is 13.1. The van der Waals surface area contributed by atoms with Crippen LogP contribution in [0.4, 0.5) is 4.39 Å². The first-order valence-electron chi connectivity index (χ1n) is 5.82. The summed E-state index contributed by atoms with van der Waals surface area (Å²) >= 11 is 3.11. The molecular weight excluding hydrogens is 271 g/mol. The first kappa shape index (κ1) is 13.5. The van der Waals surface area contributed by atoms with Crippen molar-refractivity contribution in [2.75, 3.05) is 6.61 Å². The fourth-order valence-corrected chi connectivity index (χ4v) is 1.71. The third-order valence-corrected chi connectivity index (χ3v) is 3.05. The van der Waals surface area contributed by atoms with E-state index in [-0.39, 0.29) is 5.82 Å². The summed E-state index contributed by atoms with van der Waals surface area (Å²) in [4.78, 5) is 0. The zero-order valence-electron chi connectivity index (χ0n) is 9.64. The Labute approximate surface area is 105 Å². The smallest absolute Gasteiger partial charge is 0.141 e. The number of ether oxygens (including phenoxy) is 1. The molecule has 0 bridgehead atoms. The lowest BCUT2D eigenvalue weighted by Gasteiger charge is -2.06. The fourth-order valence-electron chi connectivity index (χ4n) is 1.46. The van der Waals surface area contributed by atoms with Gasteiger partial charge in [0.05, 0.1) is 11.1 Å². The lowest BCUT2D eigenvalue weighted by atomic mass is 10.2. The lowest BCUT2D eigenvalue weighted by molar-refractivity contribution is 0.303. The van der Waals surface area contributed by atoms with Gasteiger partial charge in [-0.1, -0.05) is 32.6 Å². The van der Waals surface area contributed by atoms with E-state index in [1.165, 1.54) is 31.7 Å². The van der Waals surface area contributed by atoms with Gasteiger partial charge in [0.15, 0.2) is 0 Å². The second-order valence-electron chi connectivity index (χ2n) is 3.84. The van der Waals surface area contributed by atoms with E-state index in [2.05, 4.69) is 22.9 Å². The number of hydrogen-bond donors (Lipinski definition) is 0. The molecule has 0 radical (unpaired) electrons. The van der Waals surface area contributed by atoms with Crippen molar-refractivity contribution in [2.24, 2.45) is 0 Å². The van der Waals surface area contributed by atoms with Crippen molar-refractivity contribution in [1.29, 1.82) is 0 Å². The zero-order chi connectivity index (χ0) is 11.8. The molecule has 0 aliphatic rings. The number of benzene rings is 1. The van der Waals surface area contributed by atoms with Crippen LogP contribution in [0.2, 0.25) is 0 Å². The summed E-state index contributed by atoms with van der Waals surface area (Å²) in [6.07, 6.45) is 6.02. The van der Waals surface area contributed by atoms with E-state index in [1.807, 2.05) is 0 Å². The van der Waals surface area contributed by atoms with E-state index in [1.54, 1.807) is 12.1 Å². The van der Waals surface area contributed by atoms with Crippen LogP contribution in [0.15, 0.2) is 22.7 Å². The van der Waals surface area contributed by atoms with Crippen LogP contribution in [-0.4, -0.2) is 6.61 Å². The Bertz CT molecular complexity index is 315. The Balaban J connectivity index is 2.19. The molecule has 0 fully saturated rings. The Morgan fingerprint density at radius 3 is 2.62 bits per heavy atom. The van der Waals surface area contributed by atoms with Crippen molar-refractivity contribution in [3.05, 3.63) is 28.5 Å². The Kier molecular flexibility index (Phi) is 6.46. The maximum atomic E-state index is 13.1. The van der Waals surface area contributed by atoms with E-state index in [9.17, 15) is 4.39 Å². The second kappa shape index (κ2) is 7.66. The third-order valence-electron chi connectivity index (χ3n) is 2.41. The summed E-state index contributed by atoms with van der Waals surface area (Å²) in [6, 6.07) is 4.86. The van der Waals surface area contributed by atoms with Gasteiger partial charge in [-0.2, -0.15) is 0 Å². The molecule has 0 amide bonds. The van der Waals surface area contributed by atoms with Crippen molar-refractivity contribution < 1.29 is 9.13 Å². The minimum absolute atomic E-state index is 0.275.